The molecule has 0 bridgehead atoms. The summed E-state index contributed by atoms with van der Waals surface area (Å²) in [7, 11) is 0. The first-order valence-corrected chi connectivity index (χ1v) is 9.41. The molecule has 1 aromatic carbocycles. The molecule has 0 saturated heterocycles. The second-order valence-electron chi connectivity index (χ2n) is 4.87. The number of aromatic nitrogens is 1. The van der Waals surface area contributed by atoms with Crippen molar-refractivity contribution in [3.63, 3.8) is 0 Å². The molecule has 134 valence electrons. The number of carbonyl (C=O) groups is 2. The van der Waals surface area contributed by atoms with E-state index in [1.807, 2.05) is 12.1 Å². The van der Waals surface area contributed by atoms with Crippen LogP contribution in [0.1, 0.15) is 22.3 Å². The summed E-state index contributed by atoms with van der Waals surface area (Å²) in [6.45, 7) is 0.258. The molecule has 7 nitrogen and oxygen atoms in total. The summed E-state index contributed by atoms with van der Waals surface area (Å²) in [6, 6.07) is 6.71. The lowest BCUT2D eigenvalue weighted by Gasteiger charge is -2.06. The van der Waals surface area contributed by atoms with Crippen molar-refractivity contribution in [3.05, 3.63) is 40.4 Å². The molecular formula is C15H16ClN3O4S2. The number of hydrogen-bond acceptors (Lipinski definition) is 6. The Morgan fingerprint density at radius 3 is 2.64 bits per heavy atom. The third-order valence-corrected chi connectivity index (χ3v) is 5.19. The van der Waals surface area contributed by atoms with Crippen molar-refractivity contribution in [3.8, 4) is 0 Å². The molecule has 1 aromatic heterocycles. The van der Waals surface area contributed by atoms with Crippen molar-refractivity contribution in [2.45, 2.75) is 17.2 Å². The first kappa shape index (κ1) is 19.5. The molecule has 0 saturated carbocycles. The highest BCUT2D eigenvalue weighted by molar-refractivity contribution is 7.98. The van der Waals surface area contributed by atoms with Crippen LogP contribution in [0.25, 0.3) is 0 Å². The first-order valence-electron chi connectivity index (χ1n) is 7.27. The second kappa shape index (κ2) is 9.62. The van der Waals surface area contributed by atoms with Crippen molar-refractivity contribution >= 4 is 51.9 Å². The molecule has 4 N–H and O–H groups in total. The number of anilines is 1. The fourth-order valence-electron chi connectivity index (χ4n) is 1.81. The highest BCUT2D eigenvalue weighted by Crippen LogP contribution is 2.33. The Hall–Kier alpha value is -1.81. The fourth-order valence-corrected chi connectivity index (χ4v) is 3.83. The number of aliphatic hydroxyl groups excluding tert-OH is 1. The number of aromatic carboxylic acids is 1. The van der Waals surface area contributed by atoms with Crippen LogP contribution in [0.2, 0.25) is 5.02 Å². The Morgan fingerprint density at radius 2 is 2.00 bits per heavy atom. The lowest BCUT2D eigenvalue weighted by molar-refractivity contribution is 0.0694. The molecule has 0 radical (unpaired) electrons. The Balaban J connectivity index is 2.04. The average Bonchev–Trinajstić information content (AvgIpc) is 2.97. The number of nitrogens with zero attached hydrogens (tertiary/aromatic N) is 1. The predicted molar refractivity (Wildman–Crippen MR) is 98.8 cm³/mol. The number of carboxylic acid groups (broad SMARTS) is 1. The van der Waals surface area contributed by atoms with Gasteiger partial charge in [-0.3, -0.25) is 5.32 Å². The molecule has 1 heterocycles. The van der Waals surface area contributed by atoms with E-state index in [1.54, 1.807) is 12.1 Å². The van der Waals surface area contributed by atoms with Gasteiger partial charge in [-0.1, -0.05) is 35.5 Å². The van der Waals surface area contributed by atoms with E-state index < -0.39 is 12.0 Å². The number of thioether (sulfide) groups is 1. The van der Waals surface area contributed by atoms with Gasteiger partial charge in [0.2, 0.25) is 0 Å². The Labute approximate surface area is 157 Å². The van der Waals surface area contributed by atoms with Crippen molar-refractivity contribution in [1.29, 1.82) is 0 Å². The van der Waals surface area contributed by atoms with Crippen LogP contribution in [0.15, 0.2) is 29.3 Å². The van der Waals surface area contributed by atoms with E-state index in [-0.39, 0.29) is 17.2 Å². The molecule has 0 aliphatic heterocycles. The second-order valence-corrected chi connectivity index (χ2v) is 7.04. The minimum atomic E-state index is -1.15. The number of amides is 2. The highest BCUT2D eigenvalue weighted by atomic mass is 35.5. The molecule has 10 heteroatoms. The molecule has 2 rings (SSSR count). The minimum absolute atomic E-state index is 0.0266. The number of halogens is 1. The maximum Gasteiger partial charge on any atom is 0.341 e. The number of hydrogen-bond donors (Lipinski definition) is 4. The van der Waals surface area contributed by atoms with Gasteiger partial charge in [0.15, 0.2) is 0 Å². The predicted octanol–water partition coefficient (Wildman–Crippen LogP) is 3.29. The van der Waals surface area contributed by atoms with Crippen LogP contribution in [0.4, 0.5) is 9.80 Å². The van der Waals surface area contributed by atoms with Gasteiger partial charge in [-0.25, -0.2) is 9.59 Å². The van der Waals surface area contributed by atoms with E-state index in [0.29, 0.717) is 28.8 Å². The van der Waals surface area contributed by atoms with Crippen molar-refractivity contribution in [2.75, 3.05) is 18.5 Å². The van der Waals surface area contributed by atoms with E-state index in [9.17, 15) is 14.7 Å². The zero-order chi connectivity index (χ0) is 18.2. The van der Waals surface area contributed by atoms with Crippen LogP contribution in [0.5, 0.6) is 0 Å². The Kier molecular flexibility index (Phi) is 7.51. The van der Waals surface area contributed by atoms with Crippen molar-refractivity contribution in [1.82, 2.24) is 9.69 Å². The molecule has 0 unspecified atom stereocenters. The fraction of sp³-hybridized carbons (Fsp3) is 0.267. The monoisotopic (exact) mass is 401 g/mol. The topological polar surface area (TPSA) is 112 Å². The molecule has 0 fully saturated rings. The summed E-state index contributed by atoms with van der Waals surface area (Å²) in [6.07, 6.45) is 0.421. The van der Waals surface area contributed by atoms with Crippen LogP contribution >= 0.6 is 34.9 Å². The van der Waals surface area contributed by atoms with Crippen LogP contribution in [-0.4, -0.2) is 39.7 Å². The van der Waals surface area contributed by atoms with E-state index in [0.717, 1.165) is 17.1 Å². The average molecular weight is 402 g/mol. The molecule has 0 aliphatic carbocycles. The smallest absolute Gasteiger partial charge is 0.341 e. The van der Waals surface area contributed by atoms with Crippen LogP contribution in [0, 0.1) is 0 Å². The third kappa shape index (κ3) is 5.89. The quantitative estimate of drug-likeness (QED) is 0.399. The van der Waals surface area contributed by atoms with Crippen molar-refractivity contribution < 1.29 is 19.8 Å². The van der Waals surface area contributed by atoms with Gasteiger partial charge in [0.25, 0.3) is 0 Å². The van der Waals surface area contributed by atoms with Crippen LogP contribution in [0.3, 0.4) is 0 Å². The minimum Gasteiger partial charge on any atom is -0.477 e. The number of urea groups is 1. The van der Waals surface area contributed by atoms with E-state index in [4.69, 9.17) is 16.7 Å². The van der Waals surface area contributed by atoms with Gasteiger partial charge in [0, 0.05) is 23.9 Å². The molecule has 2 aromatic rings. The van der Waals surface area contributed by atoms with Gasteiger partial charge in [-0.05, 0) is 35.6 Å². The lowest BCUT2D eigenvalue weighted by atomic mass is 10.2. The van der Waals surface area contributed by atoms with E-state index >= 15 is 0 Å². The molecular weight excluding hydrogens is 386 g/mol. The molecule has 0 aliphatic rings. The molecule has 2 amide bonds. The van der Waals surface area contributed by atoms with E-state index in [2.05, 4.69) is 15.0 Å². The maximum absolute atomic E-state index is 11.7. The zero-order valence-corrected chi connectivity index (χ0v) is 15.4. The summed E-state index contributed by atoms with van der Waals surface area (Å²) >= 11 is 8.03. The van der Waals surface area contributed by atoms with Gasteiger partial charge >= 0.3 is 12.0 Å². The number of carbonyl (C=O) groups excluding carboxylic acids is 1. The molecule has 0 spiro atoms. The lowest BCUT2D eigenvalue weighted by Crippen LogP contribution is -2.30. The number of aliphatic hydroxyl groups is 1. The number of nitrogens with one attached hydrogen (secondary N) is 2. The highest BCUT2D eigenvalue weighted by Gasteiger charge is 2.22. The van der Waals surface area contributed by atoms with Gasteiger partial charge in [-0.2, -0.15) is 4.37 Å². The Bertz CT molecular complexity index is 737. The summed E-state index contributed by atoms with van der Waals surface area (Å²) < 4.78 is 4.13. The molecule has 25 heavy (non-hydrogen) atoms. The van der Waals surface area contributed by atoms with Crippen molar-refractivity contribution in [2.24, 2.45) is 0 Å². The standard InChI is InChI=1S/C15H16ClN3O4S2/c16-10-4-2-9(3-5-10)8-24-13-11(14(21)22)12(25-19-13)18-15(23)17-6-1-7-20/h2-5,20H,1,6-8H2,(H,21,22)(H2,17,18,23). The van der Waals surface area contributed by atoms with Gasteiger partial charge in [-0.15, -0.1) is 0 Å². The largest absolute Gasteiger partial charge is 0.477 e. The Morgan fingerprint density at radius 1 is 1.28 bits per heavy atom. The summed E-state index contributed by atoms with van der Waals surface area (Å²) in [4.78, 5) is 23.3. The third-order valence-electron chi connectivity index (χ3n) is 3.01. The number of rotatable bonds is 8. The normalized spacial score (nSPS) is 10.5. The maximum atomic E-state index is 11.7. The zero-order valence-electron chi connectivity index (χ0n) is 13.0. The van der Waals surface area contributed by atoms with Crippen LogP contribution < -0.4 is 10.6 Å². The summed E-state index contributed by atoms with van der Waals surface area (Å²) in [5.41, 5.74) is 0.955. The molecule has 0 atom stereocenters. The van der Waals surface area contributed by atoms with E-state index in [1.165, 1.54) is 11.8 Å². The number of carboxylic acids is 1. The van der Waals surface area contributed by atoms with Gasteiger partial charge in [0.1, 0.15) is 15.6 Å². The van der Waals surface area contributed by atoms with Crippen LogP contribution in [-0.2, 0) is 5.75 Å². The SMILES string of the molecule is O=C(NCCCO)Nc1snc(SCc2ccc(Cl)cc2)c1C(=O)O. The number of benzene rings is 1. The first-order chi connectivity index (χ1) is 12.0. The summed E-state index contributed by atoms with van der Waals surface area (Å²) in [5, 5.41) is 24.3. The van der Waals surface area contributed by atoms with Gasteiger partial charge < -0.3 is 15.5 Å². The van der Waals surface area contributed by atoms with Gasteiger partial charge in [0.05, 0.1) is 0 Å². The summed E-state index contributed by atoms with van der Waals surface area (Å²) in [5.74, 6) is -0.624.